The molecule has 1 saturated carbocycles. The largest absolute Gasteiger partial charge is 0.326 e. The molecule has 0 bridgehead atoms. The molecule has 0 radical (unpaired) electrons. The molecule has 2 unspecified atom stereocenters. The lowest BCUT2D eigenvalue weighted by molar-refractivity contribution is -0.120. The van der Waals surface area contributed by atoms with Crippen LogP contribution in [0.2, 0.25) is 0 Å². The third-order valence-corrected chi connectivity index (χ3v) is 6.52. The van der Waals surface area contributed by atoms with Crippen molar-refractivity contribution in [3.8, 4) is 11.1 Å². The molecule has 1 fully saturated rings. The van der Waals surface area contributed by atoms with Crippen LogP contribution in [0.3, 0.4) is 0 Å². The van der Waals surface area contributed by atoms with E-state index in [0.717, 1.165) is 49.0 Å². The quantitative estimate of drug-likeness (QED) is 0.422. The van der Waals surface area contributed by atoms with Gasteiger partial charge in [-0.3, -0.25) is 9.78 Å². The first-order valence-electron chi connectivity index (χ1n) is 12.3. The van der Waals surface area contributed by atoms with E-state index in [4.69, 9.17) is 5.73 Å². The van der Waals surface area contributed by atoms with E-state index in [2.05, 4.69) is 67.4 Å². The number of amides is 1. The van der Waals surface area contributed by atoms with Gasteiger partial charge in [-0.25, -0.2) is 0 Å². The van der Waals surface area contributed by atoms with Crippen molar-refractivity contribution in [3.05, 3.63) is 84.2 Å². The zero-order chi connectivity index (χ0) is 23.2. The van der Waals surface area contributed by atoms with Crippen molar-refractivity contribution in [2.45, 2.75) is 57.9 Å². The second-order valence-electron chi connectivity index (χ2n) is 9.19. The van der Waals surface area contributed by atoms with Gasteiger partial charge in [0.2, 0.25) is 5.91 Å². The fraction of sp³-hybridized carbons (Fsp3) is 0.379. The normalized spacial score (nSPS) is 18.0. The van der Waals surface area contributed by atoms with Crippen LogP contribution < -0.4 is 10.6 Å². The second-order valence-corrected chi connectivity index (χ2v) is 9.19. The molecule has 1 aromatic heterocycles. The number of aryl methyl sites for hydroxylation is 1. The molecule has 3 aromatic rings. The van der Waals surface area contributed by atoms with Gasteiger partial charge in [0.1, 0.15) is 0 Å². The summed E-state index contributed by atoms with van der Waals surface area (Å²) in [7, 11) is 0. The van der Waals surface area contributed by atoms with E-state index in [0.29, 0.717) is 6.54 Å². The van der Waals surface area contributed by atoms with Crippen LogP contribution in [0.5, 0.6) is 0 Å². The monoisotopic (exact) mass is 441 g/mol. The van der Waals surface area contributed by atoms with Gasteiger partial charge in [0.05, 0.1) is 0 Å². The zero-order valence-electron chi connectivity index (χ0n) is 19.8. The van der Waals surface area contributed by atoms with Crippen LogP contribution in [0, 0.1) is 5.92 Å². The second kappa shape index (κ2) is 10.8. The fourth-order valence-electron chi connectivity index (χ4n) is 4.60. The number of aromatic nitrogens is 1. The van der Waals surface area contributed by atoms with Crippen LogP contribution in [0.4, 0.5) is 5.69 Å². The number of hydrogen-bond donors (Lipinski definition) is 1. The highest BCUT2D eigenvalue weighted by molar-refractivity contribution is 5.97. The molecule has 2 aromatic carbocycles. The van der Waals surface area contributed by atoms with Gasteiger partial charge in [0, 0.05) is 42.0 Å². The van der Waals surface area contributed by atoms with E-state index >= 15 is 0 Å². The Hall–Kier alpha value is -2.98. The summed E-state index contributed by atoms with van der Waals surface area (Å²) in [4.78, 5) is 19.9. The van der Waals surface area contributed by atoms with Gasteiger partial charge in [-0.1, -0.05) is 69.2 Å². The van der Waals surface area contributed by atoms with Gasteiger partial charge in [-0.2, -0.15) is 0 Å². The van der Waals surface area contributed by atoms with Gasteiger partial charge >= 0.3 is 0 Å². The minimum atomic E-state index is -0.0308. The lowest BCUT2D eigenvalue weighted by Gasteiger charge is -2.26. The van der Waals surface area contributed by atoms with E-state index < -0.39 is 0 Å². The first-order valence-corrected chi connectivity index (χ1v) is 12.3. The molecular weight excluding hydrogens is 406 g/mol. The smallest absolute Gasteiger partial charge is 0.230 e. The number of carbonyl (C=O) groups excluding carboxylic acids is 1. The molecular formula is C29H35N3O. The van der Waals surface area contributed by atoms with Crippen molar-refractivity contribution in [1.29, 1.82) is 0 Å². The Morgan fingerprint density at radius 1 is 1.00 bits per heavy atom. The summed E-state index contributed by atoms with van der Waals surface area (Å²) >= 11 is 0. The van der Waals surface area contributed by atoms with Gasteiger partial charge in [-0.05, 0) is 60.2 Å². The maximum atomic E-state index is 13.5. The Morgan fingerprint density at radius 2 is 1.70 bits per heavy atom. The van der Waals surface area contributed by atoms with E-state index in [1.807, 2.05) is 23.1 Å². The number of nitrogens with zero attached hydrogens (tertiary/aromatic N) is 2. The molecule has 3 atom stereocenters. The number of benzene rings is 2. The van der Waals surface area contributed by atoms with Gasteiger partial charge < -0.3 is 10.6 Å². The predicted molar refractivity (Wildman–Crippen MR) is 136 cm³/mol. The average molecular weight is 442 g/mol. The predicted octanol–water partition coefficient (Wildman–Crippen LogP) is 5.97. The number of rotatable bonds is 10. The van der Waals surface area contributed by atoms with Gasteiger partial charge in [0.25, 0.3) is 0 Å². The maximum Gasteiger partial charge on any atom is 0.230 e. The average Bonchev–Trinajstić information content (AvgIpc) is 3.65. The SMILES string of the molecule is CCCc1ccc(-c2ccc(N(CC(N)CCC)C(=O)[C@@H]3CC3c3ccccn3)cc2)cc1. The molecule has 33 heavy (non-hydrogen) atoms. The maximum absolute atomic E-state index is 13.5. The highest BCUT2D eigenvalue weighted by atomic mass is 16.2. The molecule has 4 heteroatoms. The number of anilines is 1. The Morgan fingerprint density at radius 3 is 2.30 bits per heavy atom. The van der Waals surface area contributed by atoms with Crippen molar-refractivity contribution in [2.75, 3.05) is 11.4 Å². The molecule has 4 rings (SSSR count). The van der Waals surface area contributed by atoms with Crippen molar-refractivity contribution < 1.29 is 4.79 Å². The molecule has 0 spiro atoms. The molecule has 4 nitrogen and oxygen atoms in total. The van der Waals surface area contributed by atoms with E-state index in [1.165, 1.54) is 11.1 Å². The third kappa shape index (κ3) is 5.69. The highest BCUT2D eigenvalue weighted by Gasteiger charge is 2.47. The molecule has 1 heterocycles. The summed E-state index contributed by atoms with van der Waals surface area (Å²) in [5.41, 5.74) is 12.0. The van der Waals surface area contributed by atoms with Crippen LogP contribution in [-0.2, 0) is 11.2 Å². The van der Waals surface area contributed by atoms with E-state index in [9.17, 15) is 4.79 Å². The molecule has 1 aliphatic rings. The first-order chi connectivity index (χ1) is 16.1. The van der Waals surface area contributed by atoms with Crippen LogP contribution >= 0.6 is 0 Å². The Labute approximate surface area is 197 Å². The van der Waals surface area contributed by atoms with Gasteiger partial charge in [-0.15, -0.1) is 0 Å². The lowest BCUT2D eigenvalue weighted by Crippen LogP contribution is -2.42. The minimum Gasteiger partial charge on any atom is -0.326 e. The fourth-order valence-corrected chi connectivity index (χ4v) is 4.60. The molecule has 2 N–H and O–H groups in total. The lowest BCUT2D eigenvalue weighted by atomic mass is 10.0. The van der Waals surface area contributed by atoms with Crippen LogP contribution in [-0.4, -0.2) is 23.5 Å². The summed E-state index contributed by atoms with van der Waals surface area (Å²) in [5.74, 6) is 0.359. The number of hydrogen-bond acceptors (Lipinski definition) is 3. The highest BCUT2D eigenvalue weighted by Crippen LogP contribution is 2.48. The van der Waals surface area contributed by atoms with Crippen molar-refractivity contribution >= 4 is 11.6 Å². The minimum absolute atomic E-state index is 0.0143. The molecule has 172 valence electrons. The Bertz CT molecular complexity index is 1030. The first kappa shape index (κ1) is 23.2. The third-order valence-electron chi connectivity index (χ3n) is 6.52. The van der Waals surface area contributed by atoms with Crippen molar-refractivity contribution in [2.24, 2.45) is 11.7 Å². The van der Waals surface area contributed by atoms with Crippen molar-refractivity contribution in [1.82, 2.24) is 4.98 Å². The summed E-state index contributed by atoms with van der Waals surface area (Å²) in [5, 5.41) is 0. The number of pyridine rings is 1. The standard InChI is InChI=1S/C29H35N3O/c1-3-7-21-10-12-22(13-11-21)23-14-16-25(17-15-23)32(20-24(30)8-4-2)29(33)27-19-26(27)28-9-5-6-18-31-28/h5-6,9-18,24,26-27H,3-4,7-8,19-20,30H2,1-2H3/t24?,26?,27-/m1/s1. The molecule has 1 aliphatic carbocycles. The van der Waals surface area contributed by atoms with Crippen LogP contribution in [0.1, 0.15) is 56.7 Å². The van der Waals surface area contributed by atoms with E-state index in [-0.39, 0.29) is 23.8 Å². The van der Waals surface area contributed by atoms with E-state index in [1.54, 1.807) is 6.20 Å². The van der Waals surface area contributed by atoms with Gasteiger partial charge in [0.15, 0.2) is 0 Å². The topological polar surface area (TPSA) is 59.2 Å². The molecule has 0 aliphatic heterocycles. The summed E-state index contributed by atoms with van der Waals surface area (Å²) in [6.45, 7) is 4.88. The Kier molecular flexibility index (Phi) is 7.56. The summed E-state index contributed by atoms with van der Waals surface area (Å²) in [6.07, 6.45) is 6.83. The summed E-state index contributed by atoms with van der Waals surface area (Å²) in [6, 6.07) is 23.0. The van der Waals surface area contributed by atoms with Crippen LogP contribution in [0.25, 0.3) is 11.1 Å². The zero-order valence-corrected chi connectivity index (χ0v) is 19.8. The van der Waals surface area contributed by atoms with Crippen LogP contribution in [0.15, 0.2) is 72.9 Å². The number of carbonyl (C=O) groups is 1. The molecule has 1 amide bonds. The number of nitrogens with two attached hydrogens (primary N) is 1. The Balaban J connectivity index is 1.52. The van der Waals surface area contributed by atoms with Crippen molar-refractivity contribution in [3.63, 3.8) is 0 Å². The summed E-state index contributed by atoms with van der Waals surface area (Å²) < 4.78 is 0. The molecule has 0 saturated heterocycles.